The molecule has 0 spiro atoms. The molecule has 0 fully saturated rings. The molecule has 1 unspecified atom stereocenters. The van der Waals surface area contributed by atoms with Gasteiger partial charge in [-0.2, -0.15) is 13.2 Å². The van der Waals surface area contributed by atoms with Crippen molar-refractivity contribution in [3.8, 4) is 5.75 Å². The smallest absolute Gasteiger partial charge is 0.418 e. The Labute approximate surface area is 183 Å². The van der Waals surface area contributed by atoms with Gasteiger partial charge in [-0.05, 0) is 48.6 Å². The fourth-order valence-corrected chi connectivity index (χ4v) is 4.11. The summed E-state index contributed by atoms with van der Waals surface area (Å²) in [5.41, 5.74) is -1.63. The Hall–Kier alpha value is -2.65. The van der Waals surface area contributed by atoms with Crippen molar-refractivity contribution in [3.05, 3.63) is 59.3 Å². The number of benzene rings is 1. The molecule has 0 bridgehead atoms. The number of hydrogen-bond acceptors (Lipinski definition) is 4. The van der Waals surface area contributed by atoms with Crippen molar-refractivity contribution in [1.29, 1.82) is 0 Å². The lowest BCUT2D eigenvalue weighted by molar-refractivity contribution is -0.264. The molecule has 9 heteroatoms. The van der Waals surface area contributed by atoms with Crippen molar-refractivity contribution >= 4 is 10.9 Å². The van der Waals surface area contributed by atoms with Crippen LogP contribution >= 0.6 is 0 Å². The molecule has 0 radical (unpaired) electrons. The van der Waals surface area contributed by atoms with Gasteiger partial charge in [0.2, 0.25) is 0 Å². The Bertz CT molecular complexity index is 1090. The molecule has 0 aliphatic heterocycles. The van der Waals surface area contributed by atoms with E-state index in [1.165, 1.54) is 33.1 Å². The summed E-state index contributed by atoms with van der Waals surface area (Å²) < 4.78 is 61.0. The van der Waals surface area contributed by atoms with Gasteiger partial charge in [0.05, 0.1) is 18.8 Å². The second-order valence-electron chi connectivity index (χ2n) is 8.69. The number of methoxy groups -OCH3 is 1. The van der Waals surface area contributed by atoms with E-state index in [2.05, 4.69) is 15.3 Å². The van der Waals surface area contributed by atoms with E-state index in [1.54, 1.807) is 12.4 Å². The zero-order valence-electron chi connectivity index (χ0n) is 18.4. The largest absolute Gasteiger partial charge is 0.496 e. The number of nitrogens with one attached hydrogen (secondary N) is 2. The Kier molecular flexibility index (Phi) is 6.53. The molecule has 0 amide bonds. The second-order valence-corrected chi connectivity index (χ2v) is 8.69. The summed E-state index contributed by atoms with van der Waals surface area (Å²) in [6.07, 6.45) is -2.30. The van der Waals surface area contributed by atoms with Crippen molar-refractivity contribution < 1.29 is 27.4 Å². The SMILES string of the molecule is COc1ccc(F)cc1C(C)(C)CC(O)(CNCc1[nH]c2cnccc2c1C)C(F)(F)F. The van der Waals surface area contributed by atoms with Gasteiger partial charge in [-0.15, -0.1) is 0 Å². The van der Waals surface area contributed by atoms with Gasteiger partial charge in [0.15, 0.2) is 5.60 Å². The molecule has 3 rings (SSSR count). The van der Waals surface area contributed by atoms with Gasteiger partial charge in [-0.1, -0.05) is 13.8 Å². The number of halogens is 4. The molecular weight excluding hydrogens is 426 g/mol. The van der Waals surface area contributed by atoms with E-state index >= 15 is 0 Å². The normalized spacial score (nSPS) is 14.5. The minimum absolute atomic E-state index is 0.0998. The lowest BCUT2D eigenvalue weighted by Crippen LogP contribution is -2.55. The lowest BCUT2D eigenvalue weighted by Gasteiger charge is -2.38. The molecule has 1 atom stereocenters. The van der Waals surface area contributed by atoms with E-state index in [4.69, 9.17) is 4.74 Å². The van der Waals surface area contributed by atoms with Crippen LogP contribution in [0.2, 0.25) is 0 Å². The first kappa shape index (κ1) is 24.0. The van der Waals surface area contributed by atoms with Crippen LogP contribution in [0.5, 0.6) is 5.75 Å². The van der Waals surface area contributed by atoms with Gasteiger partial charge in [-0.25, -0.2) is 4.39 Å². The van der Waals surface area contributed by atoms with Crippen molar-refractivity contribution in [2.75, 3.05) is 13.7 Å². The zero-order chi connectivity index (χ0) is 23.7. The summed E-state index contributed by atoms with van der Waals surface area (Å²) in [5.74, 6) is -0.331. The standard InChI is InChI=1S/C23H27F4N3O2/c1-14-16-7-8-28-11-19(16)30-18(14)10-29-13-22(31,23(25,26)27)12-21(2,3)17-9-15(24)5-6-20(17)32-4/h5-9,11,29-31H,10,12-13H2,1-4H3. The van der Waals surface area contributed by atoms with Crippen molar-refractivity contribution in [2.24, 2.45) is 0 Å². The number of hydrogen-bond donors (Lipinski definition) is 3. The van der Waals surface area contributed by atoms with Gasteiger partial charge < -0.3 is 20.1 Å². The number of aliphatic hydroxyl groups is 1. The van der Waals surface area contributed by atoms with Crippen LogP contribution in [-0.2, 0) is 12.0 Å². The number of fused-ring (bicyclic) bond motifs is 1. The van der Waals surface area contributed by atoms with Gasteiger partial charge in [0.25, 0.3) is 0 Å². The van der Waals surface area contributed by atoms with Crippen LogP contribution < -0.4 is 10.1 Å². The highest BCUT2D eigenvalue weighted by atomic mass is 19.4. The number of rotatable bonds is 8. The minimum atomic E-state index is -4.91. The molecule has 2 aromatic heterocycles. The molecular formula is C23H27F4N3O2. The van der Waals surface area contributed by atoms with Crippen LogP contribution in [0, 0.1) is 12.7 Å². The van der Waals surface area contributed by atoms with Gasteiger partial charge >= 0.3 is 6.18 Å². The van der Waals surface area contributed by atoms with Crippen LogP contribution in [0.15, 0.2) is 36.7 Å². The lowest BCUT2D eigenvalue weighted by atomic mass is 9.74. The fourth-order valence-electron chi connectivity index (χ4n) is 4.11. The van der Waals surface area contributed by atoms with E-state index in [-0.39, 0.29) is 17.9 Å². The predicted octanol–water partition coefficient (Wildman–Crippen LogP) is 4.77. The first-order chi connectivity index (χ1) is 14.9. The molecule has 0 saturated carbocycles. The highest BCUT2D eigenvalue weighted by Gasteiger charge is 2.55. The first-order valence-electron chi connectivity index (χ1n) is 10.1. The molecule has 5 nitrogen and oxygen atoms in total. The summed E-state index contributed by atoms with van der Waals surface area (Å²) in [6.45, 7) is 4.28. The molecule has 3 aromatic rings. The van der Waals surface area contributed by atoms with Crippen LogP contribution in [0.3, 0.4) is 0 Å². The molecule has 32 heavy (non-hydrogen) atoms. The number of alkyl halides is 3. The van der Waals surface area contributed by atoms with Crippen molar-refractivity contribution in [3.63, 3.8) is 0 Å². The number of nitrogens with zero attached hydrogens (tertiary/aromatic N) is 1. The molecule has 1 aromatic carbocycles. The predicted molar refractivity (Wildman–Crippen MR) is 114 cm³/mol. The maximum absolute atomic E-state index is 14.0. The highest BCUT2D eigenvalue weighted by molar-refractivity contribution is 5.83. The Balaban J connectivity index is 1.82. The highest BCUT2D eigenvalue weighted by Crippen LogP contribution is 2.43. The van der Waals surface area contributed by atoms with E-state index in [0.717, 1.165) is 22.5 Å². The third-order valence-electron chi connectivity index (χ3n) is 5.84. The summed E-state index contributed by atoms with van der Waals surface area (Å²) in [7, 11) is 1.36. The average Bonchev–Trinajstić information content (AvgIpc) is 3.03. The molecule has 0 aliphatic carbocycles. The molecule has 0 aliphatic rings. The molecule has 3 N–H and O–H groups in total. The number of H-pyrrole nitrogens is 1. The second kappa shape index (κ2) is 8.71. The van der Waals surface area contributed by atoms with E-state index < -0.39 is 36.0 Å². The Morgan fingerprint density at radius 2 is 1.91 bits per heavy atom. The van der Waals surface area contributed by atoms with Crippen LogP contribution in [0.1, 0.15) is 37.1 Å². The van der Waals surface area contributed by atoms with Gasteiger partial charge in [-0.3, -0.25) is 4.98 Å². The quantitative estimate of drug-likeness (QED) is 0.430. The first-order valence-corrected chi connectivity index (χ1v) is 10.1. The topological polar surface area (TPSA) is 70.2 Å². The van der Waals surface area contributed by atoms with Crippen LogP contribution in [-0.4, -0.2) is 40.5 Å². The zero-order valence-corrected chi connectivity index (χ0v) is 18.4. The number of aromatic amines is 1. The molecule has 2 heterocycles. The summed E-state index contributed by atoms with van der Waals surface area (Å²) >= 11 is 0. The number of pyridine rings is 1. The summed E-state index contributed by atoms with van der Waals surface area (Å²) in [5, 5.41) is 14.4. The third kappa shape index (κ3) is 4.73. The van der Waals surface area contributed by atoms with E-state index in [1.807, 2.05) is 13.0 Å². The summed E-state index contributed by atoms with van der Waals surface area (Å²) in [6, 6.07) is 5.51. The van der Waals surface area contributed by atoms with E-state index in [0.29, 0.717) is 5.69 Å². The van der Waals surface area contributed by atoms with Gasteiger partial charge in [0.1, 0.15) is 11.6 Å². The number of aryl methyl sites for hydroxylation is 1. The molecule has 174 valence electrons. The van der Waals surface area contributed by atoms with Gasteiger partial charge in [0, 0.05) is 35.9 Å². The van der Waals surface area contributed by atoms with E-state index in [9.17, 15) is 22.7 Å². The monoisotopic (exact) mass is 453 g/mol. The van der Waals surface area contributed by atoms with Crippen LogP contribution in [0.25, 0.3) is 10.9 Å². The number of ether oxygens (including phenoxy) is 1. The maximum atomic E-state index is 14.0. The third-order valence-corrected chi connectivity index (χ3v) is 5.84. The Morgan fingerprint density at radius 3 is 2.53 bits per heavy atom. The molecule has 0 saturated heterocycles. The maximum Gasteiger partial charge on any atom is 0.418 e. The summed E-state index contributed by atoms with van der Waals surface area (Å²) in [4.78, 5) is 7.17. The fraction of sp³-hybridized carbons (Fsp3) is 0.435. The average molecular weight is 453 g/mol. The number of aromatic nitrogens is 2. The van der Waals surface area contributed by atoms with Crippen molar-refractivity contribution in [2.45, 2.75) is 50.9 Å². The van der Waals surface area contributed by atoms with Crippen LogP contribution in [0.4, 0.5) is 17.6 Å². The Morgan fingerprint density at radius 1 is 1.19 bits per heavy atom. The minimum Gasteiger partial charge on any atom is -0.496 e. The van der Waals surface area contributed by atoms with Crippen molar-refractivity contribution in [1.82, 2.24) is 15.3 Å².